The first kappa shape index (κ1) is 36.4. The van der Waals surface area contributed by atoms with Gasteiger partial charge in [-0.2, -0.15) is 0 Å². The van der Waals surface area contributed by atoms with Gasteiger partial charge in [0.1, 0.15) is 23.0 Å². The van der Waals surface area contributed by atoms with Gasteiger partial charge in [-0.05, 0) is 128 Å². The minimum absolute atomic E-state index is 0.0628. The van der Waals surface area contributed by atoms with Crippen LogP contribution in [0, 0.1) is 33.6 Å². The van der Waals surface area contributed by atoms with E-state index in [2.05, 4.69) is 58.9 Å². The highest BCUT2D eigenvalue weighted by atomic mass is 16.5. The number of nitrogen functional groups attached to an aromatic ring is 2. The summed E-state index contributed by atoms with van der Waals surface area (Å²) in [6.07, 6.45) is 18.6. The van der Waals surface area contributed by atoms with Gasteiger partial charge in [0.05, 0.1) is 0 Å². The van der Waals surface area contributed by atoms with E-state index in [9.17, 15) is 0 Å². The molecular weight excluding hydrogens is 601 g/mol. The fourth-order valence-corrected chi connectivity index (χ4v) is 8.15. The Labute approximate surface area is 296 Å². The number of rotatable bonds is 16. The van der Waals surface area contributed by atoms with Crippen LogP contribution in [0.25, 0.3) is 0 Å². The average Bonchev–Trinajstić information content (AvgIpc) is 3.09. The molecule has 4 N–H and O–H groups in total. The summed E-state index contributed by atoms with van der Waals surface area (Å²) >= 11 is 0. The molecule has 1 aliphatic rings. The zero-order chi connectivity index (χ0) is 34.8. The maximum absolute atomic E-state index is 6.45. The maximum Gasteiger partial charge on any atom is 0.133 e. The van der Waals surface area contributed by atoms with Crippen LogP contribution in [0.5, 0.6) is 23.0 Å². The second-order valence-corrected chi connectivity index (χ2v) is 14.9. The lowest BCUT2D eigenvalue weighted by Gasteiger charge is -2.43. The maximum atomic E-state index is 6.45. The summed E-state index contributed by atoms with van der Waals surface area (Å²) in [5.41, 5.74) is 20.8. The Balaban J connectivity index is 1.41. The first-order valence-electron chi connectivity index (χ1n) is 19.0. The van der Waals surface area contributed by atoms with E-state index < -0.39 is 0 Å². The number of hydrogen-bond acceptors (Lipinski definition) is 4. The molecule has 0 amide bonds. The third-order valence-electron chi connectivity index (χ3n) is 10.8. The van der Waals surface area contributed by atoms with Crippen molar-refractivity contribution in [2.75, 3.05) is 11.5 Å². The number of ether oxygens (including phenoxy) is 2. The first-order chi connectivity index (χ1) is 23.7. The normalized spacial score (nSPS) is 15.7. The van der Waals surface area contributed by atoms with Gasteiger partial charge < -0.3 is 20.9 Å². The lowest BCUT2D eigenvalue weighted by atomic mass is 9.61. The highest BCUT2D eigenvalue weighted by Crippen LogP contribution is 2.51. The van der Waals surface area contributed by atoms with E-state index in [4.69, 9.17) is 20.9 Å². The van der Waals surface area contributed by atoms with E-state index in [1.54, 1.807) is 0 Å². The fraction of sp³-hybridized carbons (Fsp3) is 0.467. The Kier molecular flexibility index (Phi) is 12.7. The van der Waals surface area contributed by atoms with Crippen LogP contribution in [-0.4, -0.2) is 0 Å². The van der Waals surface area contributed by atoms with Crippen LogP contribution >= 0.6 is 0 Å². The van der Waals surface area contributed by atoms with Crippen molar-refractivity contribution in [3.8, 4) is 23.0 Å². The Hall–Kier alpha value is -3.92. The first-order valence-corrected chi connectivity index (χ1v) is 19.0. The van der Waals surface area contributed by atoms with Crippen LogP contribution in [0.4, 0.5) is 11.4 Å². The van der Waals surface area contributed by atoms with Crippen molar-refractivity contribution in [3.63, 3.8) is 0 Å². The van der Waals surface area contributed by atoms with Crippen LogP contribution in [-0.2, 0) is 5.41 Å². The Morgan fingerprint density at radius 1 is 0.592 bits per heavy atom. The average molecular weight is 661 g/mol. The highest BCUT2D eigenvalue weighted by molar-refractivity contribution is 5.55. The van der Waals surface area contributed by atoms with Gasteiger partial charge >= 0.3 is 0 Å². The Bertz CT molecular complexity index is 1490. The van der Waals surface area contributed by atoms with E-state index in [-0.39, 0.29) is 5.41 Å². The zero-order valence-electron chi connectivity index (χ0n) is 30.9. The molecule has 0 saturated heterocycles. The molecule has 0 aliphatic heterocycles. The third-order valence-corrected chi connectivity index (χ3v) is 10.8. The molecule has 262 valence electrons. The molecule has 1 aliphatic carbocycles. The second-order valence-electron chi connectivity index (χ2n) is 14.9. The van der Waals surface area contributed by atoms with Crippen molar-refractivity contribution in [2.45, 2.75) is 130 Å². The van der Waals surface area contributed by atoms with Crippen molar-refractivity contribution < 1.29 is 9.47 Å². The van der Waals surface area contributed by atoms with E-state index in [0.717, 1.165) is 46.7 Å². The smallest absolute Gasteiger partial charge is 0.133 e. The monoisotopic (exact) mass is 660 g/mol. The van der Waals surface area contributed by atoms with Crippen LogP contribution in [0.1, 0.15) is 130 Å². The quantitative estimate of drug-likeness (QED) is 0.0927. The van der Waals surface area contributed by atoms with Crippen LogP contribution < -0.4 is 20.9 Å². The predicted octanol–water partition coefficient (Wildman–Crippen LogP) is 13.1. The van der Waals surface area contributed by atoms with Gasteiger partial charge in [-0.15, -0.1) is 0 Å². The molecule has 49 heavy (non-hydrogen) atoms. The highest BCUT2D eigenvalue weighted by Gasteiger charge is 2.40. The molecule has 4 aromatic rings. The number of anilines is 2. The van der Waals surface area contributed by atoms with Crippen molar-refractivity contribution in [2.24, 2.45) is 5.92 Å². The summed E-state index contributed by atoms with van der Waals surface area (Å²) < 4.78 is 12.9. The molecule has 1 atom stereocenters. The summed E-state index contributed by atoms with van der Waals surface area (Å²) in [6, 6.07) is 25.0. The van der Waals surface area contributed by atoms with E-state index >= 15 is 0 Å². The molecule has 0 spiro atoms. The Morgan fingerprint density at radius 3 is 1.43 bits per heavy atom. The van der Waals surface area contributed by atoms with Gasteiger partial charge in [-0.1, -0.05) is 108 Å². The van der Waals surface area contributed by atoms with Gasteiger partial charge in [-0.3, -0.25) is 0 Å². The van der Waals surface area contributed by atoms with Gasteiger partial charge in [-0.25, -0.2) is 0 Å². The molecule has 4 nitrogen and oxygen atoms in total. The SMILES string of the molecule is CCCCCCCCCCCC1CCCC(c2cc(C)c(Oc3ccc(N)cc3)c(C)c2)(c2cc(C)c(Oc3ccc(N)cc3)c(C)c2)C1. The molecule has 1 unspecified atom stereocenters. The molecule has 4 heteroatoms. The van der Waals surface area contributed by atoms with E-state index in [1.165, 1.54) is 117 Å². The third kappa shape index (κ3) is 9.41. The minimum atomic E-state index is -0.0628. The largest absolute Gasteiger partial charge is 0.457 e. The summed E-state index contributed by atoms with van der Waals surface area (Å²) in [7, 11) is 0. The molecule has 4 aromatic carbocycles. The van der Waals surface area contributed by atoms with Crippen molar-refractivity contribution >= 4 is 11.4 Å². The van der Waals surface area contributed by atoms with Gasteiger partial charge in [0, 0.05) is 16.8 Å². The lowest BCUT2D eigenvalue weighted by molar-refractivity contribution is 0.240. The number of nitrogens with two attached hydrogens (primary N) is 2. The number of aryl methyl sites for hydroxylation is 4. The standard InChI is InChI=1S/C45H60N2O2/c1-6-7-8-9-10-11-12-13-14-16-36-17-15-26-45(31-36,37-27-32(2)43(33(3)28-37)48-41-22-18-39(46)19-23-41)38-29-34(4)44(35(5)30-38)49-42-24-20-40(47)21-25-42/h18-25,27-30,36H,6-17,26,31,46-47H2,1-5H3. The van der Waals surface area contributed by atoms with Crippen molar-refractivity contribution in [1.82, 2.24) is 0 Å². The Morgan fingerprint density at radius 2 is 1.00 bits per heavy atom. The summed E-state index contributed by atoms with van der Waals surface area (Å²) in [6.45, 7) is 11.1. The van der Waals surface area contributed by atoms with Crippen molar-refractivity contribution in [3.05, 3.63) is 106 Å². The van der Waals surface area contributed by atoms with Crippen LogP contribution in [0.15, 0.2) is 72.8 Å². The molecule has 0 aromatic heterocycles. The minimum Gasteiger partial charge on any atom is -0.457 e. The second kappa shape index (κ2) is 17.1. The van der Waals surface area contributed by atoms with Crippen LogP contribution in [0.3, 0.4) is 0 Å². The molecule has 5 rings (SSSR count). The summed E-state index contributed by atoms with van der Waals surface area (Å²) in [4.78, 5) is 0. The van der Waals surface area contributed by atoms with Gasteiger partial charge in [0.25, 0.3) is 0 Å². The topological polar surface area (TPSA) is 70.5 Å². The van der Waals surface area contributed by atoms with Gasteiger partial charge in [0.15, 0.2) is 0 Å². The number of unbranched alkanes of at least 4 members (excludes halogenated alkanes) is 8. The molecule has 0 radical (unpaired) electrons. The number of benzene rings is 4. The molecule has 0 heterocycles. The molecular formula is C45H60N2O2. The van der Waals surface area contributed by atoms with Crippen molar-refractivity contribution in [1.29, 1.82) is 0 Å². The van der Waals surface area contributed by atoms with E-state index in [1.807, 2.05) is 48.5 Å². The fourth-order valence-electron chi connectivity index (χ4n) is 8.15. The predicted molar refractivity (Wildman–Crippen MR) is 208 cm³/mol. The van der Waals surface area contributed by atoms with Gasteiger partial charge in [0.2, 0.25) is 0 Å². The molecule has 1 fully saturated rings. The number of hydrogen-bond donors (Lipinski definition) is 2. The summed E-state index contributed by atoms with van der Waals surface area (Å²) in [5, 5.41) is 0. The zero-order valence-corrected chi connectivity index (χ0v) is 30.9. The van der Waals surface area contributed by atoms with E-state index in [0.29, 0.717) is 0 Å². The lowest BCUT2D eigenvalue weighted by Crippen LogP contribution is -2.35. The van der Waals surface area contributed by atoms with Crippen LogP contribution in [0.2, 0.25) is 0 Å². The molecule has 1 saturated carbocycles. The summed E-state index contributed by atoms with van der Waals surface area (Å²) in [5.74, 6) is 4.21. The molecule has 0 bridgehead atoms.